The first kappa shape index (κ1) is 15.9. The SMILES string of the molecule is O=C(O)Cc1ccc(C(=O)N2CCC=C(c3cccnc3)C2)cc1. The molecule has 1 amide bonds. The fourth-order valence-corrected chi connectivity index (χ4v) is 2.80. The third kappa shape index (κ3) is 3.68. The van der Waals surface area contributed by atoms with Crippen molar-refractivity contribution in [1.82, 2.24) is 9.88 Å². The lowest BCUT2D eigenvalue weighted by Gasteiger charge is -2.27. The molecule has 5 nitrogen and oxygen atoms in total. The van der Waals surface area contributed by atoms with Crippen molar-refractivity contribution in [1.29, 1.82) is 0 Å². The first-order chi connectivity index (χ1) is 11.6. The predicted octanol–water partition coefficient (Wildman–Crippen LogP) is 2.64. The van der Waals surface area contributed by atoms with E-state index in [1.165, 1.54) is 0 Å². The molecule has 0 bridgehead atoms. The molecule has 1 aliphatic heterocycles. The molecule has 0 aliphatic carbocycles. The van der Waals surface area contributed by atoms with Crippen molar-refractivity contribution in [2.75, 3.05) is 13.1 Å². The van der Waals surface area contributed by atoms with Crippen LogP contribution in [0.25, 0.3) is 5.57 Å². The molecular formula is C19H18N2O3. The van der Waals surface area contributed by atoms with Crippen LogP contribution in [0.1, 0.15) is 27.9 Å². The Morgan fingerprint density at radius 2 is 1.96 bits per heavy atom. The molecule has 0 saturated heterocycles. The molecule has 0 saturated carbocycles. The van der Waals surface area contributed by atoms with E-state index in [0.29, 0.717) is 24.2 Å². The molecule has 1 aromatic carbocycles. The summed E-state index contributed by atoms with van der Waals surface area (Å²) in [7, 11) is 0. The molecule has 1 N–H and O–H groups in total. The summed E-state index contributed by atoms with van der Waals surface area (Å²) in [5.41, 5.74) is 3.40. The Labute approximate surface area is 140 Å². The number of amides is 1. The fourth-order valence-electron chi connectivity index (χ4n) is 2.80. The number of aliphatic carboxylic acids is 1. The number of nitrogens with zero attached hydrogens (tertiary/aromatic N) is 2. The number of carboxylic acids is 1. The quantitative estimate of drug-likeness (QED) is 0.939. The number of carboxylic acid groups (broad SMARTS) is 1. The highest BCUT2D eigenvalue weighted by Gasteiger charge is 2.20. The highest BCUT2D eigenvalue weighted by molar-refractivity contribution is 5.95. The van der Waals surface area contributed by atoms with Crippen LogP contribution in [0.3, 0.4) is 0 Å². The largest absolute Gasteiger partial charge is 0.481 e. The van der Waals surface area contributed by atoms with E-state index in [9.17, 15) is 9.59 Å². The van der Waals surface area contributed by atoms with Crippen LogP contribution in [-0.2, 0) is 11.2 Å². The summed E-state index contributed by atoms with van der Waals surface area (Å²) in [6.45, 7) is 1.24. The molecule has 2 aromatic rings. The van der Waals surface area contributed by atoms with Gasteiger partial charge in [0, 0.05) is 31.0 Å². The average Bonchev–Trinajstić information content (AvgIpc) is 2.62. The molecule has 3 rings (SSSR count). The maximum atomic E-state index is 12.7. The summed E-state index contributed by atoms with van der Waals surface area (Å²) in [6.07, 6.45) is 6.46. The maximum Gasteiger partial charge on any atom is 0.307 e. The van der Waals surface area contributed by atoms with E-state index in [-0.39, 0.29) is 12.3 Å². The Balaban J connectivity index is 1.71. The Kier molecular flexibility index (Phi) is 4.70. The molecule has 0 unspecified atom stereocenters. The number of rotatable bonds is 4. The van der Waals surface area contributed by atoms with Crippen molar-refractivity contribution in [3.8, 4) is 0 Å². The zero-order chi connectivity index (χ0) is 16.9. The van der Waals surface area contributed by atoms with Gasteiger partial charge >= 0.3 is 5.97 Å². The van der Waals surface area contributed by atoms with Gasteiger partial charge in [0.1, 0.15) is 0 Å². The minimum Gasteiger partial charge on any atom is -0.481 e. The Morgan fingerprint density at radius 3 is 2.62 bits per heavy atom. The summed E-state index contributed by atoms with van der Waals surface area (Å²) in [5, 5.41) is 8.80. The van der Waals surface area contributed by atoms with Gasteiger partial charge in [-0.1, -0.05) is 24.3 Å². The van der Waals surface area contributed by atoms with Crippen molar-refractivity contribution in [2.45, 2.75) is 12.8 Å². The fraction of sp³-hybridized carbons (Fsp3) is 0.211. The molecule has 1 aliphatic rings. The van der Waals surface area contributed by atoms with E-state index in [2.05, 4.69) is 11.1 Å². The van der Waals surface area contributed by atoms with Crippen LogP contribution in [-0.4, -0.2) is 40.0 Å². The zero-order valence-corrected chi connectivity index (χ0v) is 13.2. The number of hydrogen-bond acceptors (Lipinski definition) is 3. The molecule has 0 spiro atoms. The van der Waals surface area contributed by atoms with E-state index < -0.39 is 5.97 Å². The molecule has 0 radical (unpaired) electrons. The van der Waals surface area contributed by atoms with Crippen molar-refractivity contribution in [3.63, 3.8) is 0 Å². The van der Waals surface area contributed by atoms with Crippen LogP contribution in [0.2, 0.25) is 0 Å². The Bertz CT molecular complexity index is 767. The van der Waals surface area contributed by atoms with Gasteiger partial charge in [-0.05, 0) is 41.3 Å². The summed E-state index contributed by atoms with van der Waals surface area (Å²) < 4.78 is 0. The van der Waals surface area contributed by atoms with Crippen molar-refractivity contribution < 1.29 is 14.7 Å². The number of carbonyl (C=O) groups excluding carboxylic acids is 1. The van der Waals surface area contributed by atoms with Gasteiger partial charge in [0.05, 0.1) is 6.42 Å². The normalized spacial score (nSPS) is 14.2. The van der Waals surface area contributed by atoms with E-state index in [4.69, 9.17) is 5.11 Å². The van der Waals surface area contributed by atoms with Crippen LogP contribution >= 0.6 is 0 Å². The van der Waals surface area contributed by atoms with Gasteiger partial charge < -0.3 is 10.0 Å². The molecule has 5 heteroatoms. The molecule has 0 fully saturated rings. The Morgan fingerprint density at radius 1 is 1.17 bits per heavy atom. The maximum absolute atomic E-state index is 12.7. The lowest BCUT2D eigenvalue weighted by atomic mass is 10.0. The second-order valence-corrected chi connectivity index (χ2v) is 5.75. The lowest BCUT2D eigenvalue weighted by molar-refractivity contribution is -0.136. The minimum absolute atomic E-state index is 0.0356. The number of hydrogen-bond donors (Lipinski definition) is 1. The van der Waals surface area contributed by atoms with Crippen LogP contribution in [0.5, 0.6) is 0 Å². The molecule has 1 aromatic heterocycles. The van der Waals surface area contributed by atoms with Crippen molar-refractivity contribution in [3.05, 3.63) is 71.6 Å². The van der Waals surface area contributed by atoms with Gasteiger partial charge in [-0.25, -0.2) is 0 Å². The standard InChI is InChI=1S/C19H18N2O3/c22-18(23)11-14-5-7-15(8-6-14)19(24)21-10-2-4-17(13-21)16-3-1-9-20-12-16/h1,3-9,12H,2,10-11,13H2,(H,22,23). The highest BCUT2D eigenvalue weighted by Crippen LogP contribution is 2.21. The van der Waals surface area contributed by atoms with Crippen LogP contribution in [0, 0.1) is 0 Å². The smallest absolute Gasteiger partial charge is 0.307 e. The predicted molar refractivity (Wildman–Crippen MR) is 90.5 cm³/mol. The van der Waals surface area contributed by atoms with Gasteiger partial charge in [0.15, 0.2) is 0 Å². The average molecular weight is 322 g/mol. The third-order valence-corrected chi connectivity index (χ3v) is 4.03. The van der Waals surface area contributed by atoms with Crippen LogP contribution < -0.4 is 0 Å². The first-order valence-electron chi connectivity index (χ1n) is 7.83. The van der Waals surface area contributed by atoms with Gasteiger partial charge in [-0.15, -0.1) is 0 Å². The number of benzene rings is 1. The summed E-state index contributed by atoms with van der Waals surface area (Å²) in [5.74, 6) is -0.914. The van der Waals surface area contributed by atoms with Gasteiger partial charge in [0.2, 0.25) is 0 Å². The molecule has 0 atom stereocenters. The number of aromatic nitrogens is 1. The summed E-state index contributed by atoms with van der Waals surface area (Å²) in [6, 6.07) is 10.7. The second kappa shape index (κ2) is 7.08. The van der Waals surface area contributed by atoms with Gasteiger partial charge in [0.25, 0.3) is 5.91 Å². The Hall–Kier alpha value is -2.95. The zero-order valence-electron chi connectivity index (χ0n) is 13.2. The molecule has 2 heterocycles. The molecular weight excluding hydrogens is 304 g/mol. The van der Waals surface area contributed by atoms with E-state index in [1.807, 2.05) is 17.0 Å². The van der Waals surface area contributed by atoms with Gasteiger partial charge in [-0.2, -0.15) is 0 Å². The number of pyridine rings is 1. The lowest BCUT2D eigenvalue weighted by Crippen LogP contribution is -2.35. The third-order valence-electron chi connectivity index (χ3n) is 4.03. The summed E-state index contributed by atoms with van der Waals surface area (Å²) in [4.78, 5) is 29.3. The second-order valence-electron chi connectivity index (χ2n) is 5.75. The van der Waals surface area contributed by atoms with Crippen molar-refractivity contribution in [2.24, 2.45) is 0 Å². The van der Waals surface area contributed by atoms with Crippen LogP contribution in [0.4, 0.5) is 0 Å². The van der Waals surface area contributed by atoms with Crippen LogP contribution in [0.15, 0.2) is 54.9 Å². The summed E-state index contributed by atoms with van der Waals surface area (Å²) >= 11 is 0. The first-order valence-corrected chi connectivity index (χ1v) is 7.83. The van der Waals surface area contributed by atoms with E-state index >= 15 is 0 Å². The molecule has 24 heavy (non-hydrogen) atoms. The molecule has 122 valence electrons. The minimum atomic E-state index is -0.878. The number of carbonyl (C=O) groups is 2. The topological polar surface area (TPSA) is 70.5 Å². The van der Waals surface area contributed by atoms with E-state index in [0.717, 1.165) is 17.6 Å². The highest BCUT2D eigenvalue weighted by atomic mass is 16.4. The van der Waals surface area contributed by atoms with Gasteiger partial charge in [-0.3, -0.25) is 14.6 Å². The van der Waals surface area contributed by atoms with E-state index in [1.54, 1.807) is 36.7 Å². The van der Waals surface area contributed by atoms with Crippen molar-refractivity contribution >= 4 is 17.4 Å². The monoisotopic (exact) mass is 322 g/mol.